The van der Waals surface area contributed by atoms with Gasteiger partial charge in [-0.05, 0) is 24.3 Å². The zero-order valence-corrected chi connectivity index (χ0v) is 16.4. The number of anilines is 1. The van der Waals surface area contributed by atoms with Gasteiger partial charge in [0.25, 0.3) is 21.6 Å². The van der Waals surface area contributed by atoms with Gasteiger partial charge in [0, 0.05) is 30.6 Å². The van der Waals surface area contributed by atoms with Crippen molar-refractivity contribution in [3.05, 3.63) is 64.4 Å². The third kappa shape index (κ3) is 3.72. The summed E-state index contributed by atoms with van der Waals surface area (Å²) in [5.74, 6) is -0.570. The van der Waals surface area contributed by atoms with Crippen LogP contribution < -0.4 is 4.72 Å². The van der Waals surface area contributed by atoms with Crippen LogP contribution in [0.2, 0.25) is 0 Å². The molecule has 0 saturated carbocycles. The number of para-hydroxylation sites is 1. The highest BCUT2D eigenvalue weighted by Crippen LogP contribution is 2.33. The number of hydrogen-bond donors (Lipinski definition) is 1. The molecule has 10 nitrogen and oxygen atoms in total. The van der Waals surface area contributed by atoms with E-state index in [1.54, 1.807) is 24.3 Å². The molecule has 1 fully saturated rings. The highest BCUT2D eigenvalue weighted by Gasteiger charge is 2.29. The first-order chi connectivity index (χ1) is 14.4. The van der Waals surface area contributed by atoms with Crippen LogP contribution in [0.1, 0.15) is 10.6 Å². The number of non-ortho nitro benzene ring substituents is 1. The van der Waals surface area contributed by atoms with Gasteiger partial charge in [-0.3, -0.25) is 19.6 Å². The highest BCUT2D eigenvalue weighted by atomic mass is 32.2. The highest BCUT2D eigenvalue weighted by molar-refractivity contribution is 7.92. The van der Waals surface area contributed by atoms with E-state index in [1.807, 2.05) is 0 Å². The minimum Gasteiger partial charge on any atom is -0.449 e. The van der Waals surface area contributed by atoms with E-state index in [2.05, 4.69) is 4.72 Å². The third-order valence-corrected chi connectivity index (χ3v) is 6.05. The molecule has 0 atom stereocenters. The number of fused-ring (bicyclic) bond motifs is 1. The van der Waals surface area contributed by atoms with Gasteiger partial charge in [-0.25, -0.2) is 8.42 Å². The quantitative estimate of drug-likeness (QED) is 0.485. The fourth-order valence-corrected chi connectivity index (χ4v) is 4.23. The van der Waals surface area contributed by atoms with Gasteiger partial charge in [-0.15, -0.1) is 0 Å². The Morgan fingerprint density at radius 3 is 2.40 bits per heavy atom. The van der Waals surface area contributed by atoms with Crippen molar-refractivity contribution in [3.63, 3.8) is 0 Å². The molecule has 30 heavy (non-hydrogen) atoms. The van der Waals surface area contributed by atoms with Crippen LogP contribution in [0.15, 0.2) is 57.8 Å². The van der Waals surface area contributed by atoms with Crippen molar-refractivity contribution in [2.24, 2.45) is 0 Å². The van der Waals surface area contributed by atoms with Crippen LogP contribution >= 0.6 is 0 Å². The number of ether oxygens (including phenoxy) is 1. The molecule has 0 unspecified atom stereocenters. The molecular weight excluding hydrogens is 414 g/mol. The zero-order chi connectivity index (χ0) is 21.3. The molecule has 1 saturated heterocycles. The van der Waals surface area contributed by atoms with Crippen LogP contribution in [-0.4, -0.2) is 50.5 Å². The molecule has 0 radical (unpaired) electrons. The normalized spacial score (nSPS) is 14.6. The van der Waals surface area contributed by atoms with Crippen LogP contribution in [0.25, 0.3) is 11.0 Å². The molecule has 1 aromatic heterocycles. The maximum absolute atomic E-state index is 13.0. The van der Waals surface area contributed by atoms with Crippen molar-refractivity contribution >= 4 is 38.3 Å². The van der Waals surface area contributed by atoms with Gasteiger partial charge < -0.3 is 14.1 Å². The lowest BCUT2D eigenvalue weighted by molar-refractivity contribution is -0.384. The molecule has 1 aliphatic heterocycles. The molecule has 0 bridgehead atoms. The molecule has 1 aliphatic rings. The summed E-state index contributed by atoms with van der Waals surface area (Å²) < 4.78 is 39.2. The number of nitrogens with zero attached hydrogens (tertiary/aromatic N) is 2. The number of carbonyl (C=O) groups is 1. The molecule has 1 N–H and O–H groups in total. The summed E-state index contributed by atoms with van der Waals surface area (Å²) in [4.78, 5) is 24.5. The second-order valence-electron chi connectivity index (χ2n) is 6.56. The van der Waals surface area contributed by atoms with Gasteiger partial charge in [0.1, 0.15) is 11.3 Å². The average Bonchev–Trinajstić information content (AvgIpc) is 3.12. The lowest BCUT2D eigenvalue weighted by Crippen LogP contribution is -2.40. The largest absolute Gasteiger partial charge is 0.449 e. The monoisotopic (exact) mass is 431 g/mol. The maximum Gasteiger partial charge on any atom is 0.291 e. The summed E-state index contributed by atoms with van der Waals surface area (Å²) in [6.45, 7) is 1.50. The molecule has 3 aromatic rings. The Kier molecular flexibility index (Phi) is 5.14. The second-order valence-corrected chi connectivity index (χ2v) is 8.25. The predicted octanol–water partition coefficient (Wildman–Crippen LogP) is 2.61. The number of nitro benzene ring substituents is 1. The van der Waals surface area contributed by atoms with E-state index in [1.165, 1.54) is 4.90 Å². The fourth-order valence-electron chi connectivity index (χ4n) is 3.15. The minimum absolute atomic E-state index is 0.0282. The summed E-state index contributed by atoms with van der Waals surface area (Å²) in [7, 11) is -4.13. The Labute approximate surface area is 171 Å². The first-order valence-electron chi connectivity index (χ1n) is 9.02. The van der Waals surface area contributed by atoms with Crippen molar-refractivity contribution in [1.82, 2.24) is 4.90 Å². The number of sulfonamides is 1. The summed E-state index contributed by atoms with van der Waals surface area (Å²) in [6.07, 6.45) is 0. The number of benzene rings is 2. The van der Waals surface area contributed by atoms with Gasteiger partial charge in [-0.1, -0.05) is 12.1 Å². The molecule has 4 rings (SSSR count). The van der Waals surface area contributed by atoms with Gasteiger partial charge >= 0.3 is 0 Å². The Hall–Kier alpha value is -3.44. The predicted molar refractivity (Wildman–Crippen MR) is 107 cm³/mol. The third-order valence-electron chi connectivity index (χ3n) is 4.68. The number of morpholine rings is 1. The van der Waals surface area contributed by atoms with Crippen LogP contribution in [0.3, 0.4) is 0 Å². The number of rotatable bonds is 5. The van der Waals surface area contributed by atoms with E-state index in [0.29, 0.717) is 37.3 Å². The van der Waals surface area contributed by atoms with Crippen molar-refractivity contribution in [2.75, 3.05) is 31.0 Å². The number of amides is 1. The molecule has 0 spiro atoms. The Morgan fingerprint density at radius 1 is 1.07 bits per heavy atom. The molecule has 2 heterocycles. The molecule has 0 aliphatic carbocycles. The van der Waals surface area contributed by atoms with Gasteiger partial charge in [-0.2, -0.15) is 0 Å². The minimum atomic E-state index is -4.13. The zero-order valence-electron chi connectivity index (χ0n) is 15.6. The Bertz CT molecular complexity index is 1210. The van der Waals surface area contributed by atoms with Crippen LogP contribution in [0.4, 0.5) is 11.4 Å². The molecule has 1 amide bonds. The number of hydrogen-bond acceptors (Lipinski definition) is 7. The van der Waals surface area contributed by atoms with E-state index in [9.17, 15) is 23.3 Å². The number of nitrogens with one attached hydrogen (secondary N) is 1. The summed E-state index contributed by atoms with van der Waals surface area (Å²) in [6, 6.07) is 11.1. The number of nitro groups is 1. The molecular formula is C19H17N3O7S. The Morgan fingerprint density at radius 2 is 1.73 bits per heavy atom. The smallest absolute Gasteiger partial charge is 0.291 e. The van der Waals surface area contributed by atoms with E-state index in [0.717, 1.165) is 24.3 Å². The summed E-state index contributed by atoms with van der Waals surface area (Å²) in [5, 5.41) is 11.2. The van der Waals surface area contributed by atoms with Crippen molar-refractivity contribution < 1.29 is 27.3 Å². The van der Waals surface area contributed by atoms with Crippen LogP contribution in [0, 0.1) is 10.1 Å². The van der Waals surface area contributed by atoms with E-state index < -0.39 is 20.9 Å². The summed E-state index contributed by atoms with van der Waals surface area (Å²) in [5.41, 5.74) is 0.154. The summed E-state index contributed by atoms with van der Waals surface area (Å²) >= 11 is 0. The first-order valence-corrected chi connectivity index (χ1v) is 10.5. The van der Waals surface area contributed by atoms with E-state index >= 15 is 0 Å². The standard InChI is InChI=1S/C19H17N3O7S/c23-19(21-9-11-28-12-10-21)18-17(15-3-1-2-4-16(15)29-18)20-30(26,27)14-7-5-13(6-8-14)22(24)25/h1-8,20H,9-12H2. The van der Waals surface area contributed by atoms with Crippen molar-refractivity contribution in [3.8, 4) is 0 Å². The van der Waals surface area contributed by atoms with Crippen molar-refractivity contribution in [2.45, 2.75) is 4.90 Å². The van der Waals surface area contributed by atoms with Crippen LogP contribution in [0.5, 0.6) is 0 Å². The maximum atomic E-state index is 13.0. The first kappa shape index (κ1) is 19.9. The SMILES string of the molecule is O=C(c1oc2ccccc2c1NS(=O)(=O)c1ccc([N+](=O)[O-])cc1)N1CCOCC1. The van der Waals surface area contributed by atoms with Gasteiger partial charge in [0.15, 0.2) is 0 Å². The number of carbonyl (C=O) groups excluding carboxylic acids is 1. The topological polar surface area (TPSA) is 132 Å². The van der Waals surface area contributed by atoms with Gasteiger partial charge in [0.05, 0.1) is 23.0 Å². The van der Waals surface area contributed by atoms with Crippen molar-refractivity contribution in [1.29, 1.82) is 0 Å². The number of furan rings is 1. The molecule has 11 heteroatoms. The van der Waals surface area contributed by atoms with Crippen LogP contribution in [-0.2, 0) is 14.8 Å². The van der Waals surface area contributed by atoms with E-state index in [4.69, 9.17) is 9.15 Å². The second kappa shape index (κ2) is 7.76. The fraction of sp³-hybridized carbons (Fsp3) is 0.211. The lowest BCUT2D eigenvalue weighted by Gasteiger charge is -2.26. The lowest BCUT2D eigenvalue weighted by atomic mass is 10.2. The molecule has 156 valence electrons. The average molecular weight is 431 g/mol. The molecule has 2 aromatic carbocycles. The Balaban J connectivity index is 1.73. The van der Waals surface area contributed by atoms with Gasteiger partial charge in [0.2, 0.25) is 5.76 Å². The van der Waals surface area contributed by atoms with E-state index in [-0.39, 0.29) is 22.0 Å².